The fourth-order valence-electron chi connectivity index (χ4n) is 2.05. The van der Waals surface area contributed by atoms with E-state index in [1.54, 1.807) is 33.3 Å². The van der Waals surface area contributed by atoms with E-state index >= 15 is 0 Å². The van der Waals surface area contributed by atoms with E-state index in [1.165, 1.54) is 0 Å². The van der Waals surface area contributed by atoms with Crippen molar-refractivity contribution in [2.24, 2.45) is 0 Å². The van der Waals surface area contributed by atoms with Crippen LogP contribution in [0.25, 0.3) is 5.82 Å². The molecule has 17 heavy (non-hydrogen) atoms. The molecule has 2 nitrogen and oxygen atoms in total. The van der Waals surface area contributed by atoms with Crippen molar-refractivity contribution in [2.45, 2.75) is 0 Å². The molecule has 3 rings (SSSR count). The first-order chi connectivity index (χ1) is 7.74. The number of rotatable bonds is 0. The molecular formula is C10H8Cl4N2P+. The van der Waals surface area contributed by atoms with Gasteiger partial charge in [0.1, 0.15) is 0 Å². The fraction of sp³-hybridized carbons (Fsp3) is 0. The summed E-state index contributed by atoms with van der Waals surface area (Å²) in [6, 6.07) is 10.9. The van der Waals surface area contributed by atoms with Crippen LogP contribution in [0.4, 0.5) is 0 Å². The van der Waals surface area contributed by atoms with E-state index in [4.69, 9.17) is 45.0 Å². The van der Waals surface area contributed by atoms with Gasteiger partial charge in [-0.25, -0.2) is 0 Å². The second-order valence-corrected chi connectivity index (χ2v) is 20.1. The summed E-state index contributed by atoms with van der Waals surface area (Å²) >= 11 is 26.1. The van der Waals surface area contributed by atoms with Gasteiger partial charge in [-0.3, -0.25) is 0 Å². The van der Waals surface area contributed by atoms with Crippen LogP contribution in [0.1, 0.15) is 0 Å². The van der Waals surface area contributed by atoms with E-state index in [-0.39, 0.29) is 0 Å². The summed E-state index contributed by atoms with van der Waals surface area (Å²) in [5, 5.41) is 0. The maximum atomic E-state index is 6.51. The third-order valence-corrected chi connectivity index (χ3v) is 9.29. The Labute approximate surface area is 117 Å². The number of hydrogen-bond donors (Lipinski definition) is 0. The molecule has 0 unspecified atom stereocenters. The zero-order chi connectivity index (χ0) is 12.4. The molecule has 7 heteroatoms. The molecule has 0 aliphatic carbocycles. The minimum atomic E-state index is -4.78. The normalized spacial score (nSPS) is 25.6. The third-order valence-electron chi connectivity index (χ3n) is 2.79. The Morgan fingerprint density at radius 2 is 1.47 bits per heavy atom. The van der Waals surface area contributed by atoms with Crippen molar-refractivity contribution in [3.8, 4) is 5.82 Å². The Balaban J connectivity index is 2.59. The second-order valence-electron chi connectivity index (χ2n) is 3.96. The van der Waals surface area contributed by atoms with Gasteiger partial charge in [0.25, 0.3) is 0 Å². The van der Waals surface area contributed by atoms with Crippen LogP contribution in [0.2, 0.25) is 0 Å². The van der Waals surface area contributed by atoms with E-state index in [9.17, 15) is 0 Å². The monoisotopic (exact) mass is 327 g/mol. The number of pyridine rings is 2. The summed E-state index contributed by atoms with van der Waals surface area (Å²) in [6.45, 7) is 0. The topological polar surface area (TPSA) is 7.76 Å². The number of fused-ring (bicyclic) bond motifs is 3. The molecule has 2 aromatic rings. The Hall–Kier alpha value is -0.110. The molecule has 0 amide bonds. The van der Waals surface area contributed by atoms with Crippen LogP contribution in [0.3, 0.4) is 0 Å². The quantitative estimate of drug-likeness (QED) is 0.517. The molecule has 0 atom stereocenters. The number of halogens is 4. The average molecular weight is 329 g/mol. The molecule has 1 aliphatic heterocycles. The van der Waals surface area contributed by atoms with Crippen molar-refractivity contribution < 1.29 is 8.90 Å². The fourth-order valence-corrected chi connectivity index (χ4v) is 7.35. The summed E-state index contributed by atoms with van der Waals surface area (Å²) in [6.07, 6.45) is 3.52. The van der Waals surface area contributed by atoms with Crippen molar-refractivity contribution in [3.05, 3.63) is 48.8 Å². The van der Waals surface area contributed by atoms with E-state index in [2.05, 4.69) is 0 Å². The van der Waals surface area contributed by atoms with Gasteiger partial charge in [-0.2, -0.15) is 0 Å². The molecule has 0 fully saturated rings. The predicted molar refractivity (Wildman–Crippen MR) is 73.5 cm³/mol. The average Bonchev–Trinajstić information content (AvgIpc) is 2.44. The predicted octanol–water partition coefficient (Wildman–Crippen LogP) is 3.36. The summed E-state index contributed by atoms with van der Waals surface area (Å²) < 4.78 is -1.43. The van der Waals surface area contributed by atoms with Gasteiger partial charge in [0.2, 0.25) is 0 Å². The molecule has 2 aromatic heterocycles. The Bertz CT molecular complexity index is 598. The van der Waals surface area contributed by atoms with Crippen molar-refractivity contribution >= 4 is 53.9 Å². The molecule has 0 saturated heterocycles. The van der Waals surface area contributed by atoms with Gasteiger partial charge in [-0.05, 0) is 0 Å². The molecule has 1 aliphatic rings. The van der Waals surface area contributed by atoms with Crippen molar-refractivity contribution in [1.29, 1.82) is 0 Å². The molecule has 0 bridgehead atoms. The van der Waals surface area contributed by atoms with Gasteiger partial charge in [-0.15, -0.1) is 0 Å². The number of nitrogens with zero attached hydrogens (tertiary/aromatic N) is 2. The van der Waals surface area contributed by atoms with Crippen LogP contribution in [-0.2, 0) is 0 Å². The van der Waals surface area contributed by atoms with E-state index in [0.717, 1.165) is 5.82 Å². The Morgan fingerprint density at radius 1 is 0.824 bits per heavy atom. The van der Waals surface area contributed by atoms with Crippen LogP contribution in [0.15, 0.2) is 48.8 Å². The van der Waals surface area contributed by atoms with Gasteiger partial charge in [0.15, 0.2) is 0 Å². The zero-order valence-corrected chi connectivity index (χ0v) is 12.4. The summed E-state index contributed by atoms with van der Waals surface area (Å²) in [5.41, 5.74) is 0.496. The summed E-state index contributed by atoms with van der Waals surface area (Å²) in [5.74, 6) is 0.744. The van der Waals surface area contributed by atoms with Gasteiger partial charge >= 0.3 is 117 Å². The van der Waals surface area contributed by atoms with Crippen LogP contribution in [0, 0.1) is 0 Å². The van der Waals surface area contributed by atoms with Gasteiger partial charge in [0.05, 0.1) is 0 Å². The van der Waals surface area contributed by atoms with Crippen molar-refractivity contribution in [2.75, 3.05) is 0 Å². The Kier molecular flexibility index (Phi) is 2.03. The van der Waals surface area contributed by atoms with Crippen LogP contribution >= 0.6 is 48.5 Å². The molecule has 0 radical (unpaired) electrons. The zero-order valence-electron chi connectivity index (χ0n) is 8.47. The second kappa shape index (κ2) is 2.89. The third kappa shape index (κ3) is 1.46. The van der Waals surface area contributed by atoms with Crippen LogP contribution < -0.4 is 14.3 Å². The number of hydrogen-bond acceptors (Lipinski definition) is 0. The number of aromatic nitrogens is 2. The Morgan fingerprint density at radius 3 is 2.24 bits per heavy atom. The minimum absolute atomic E-state index is 0.496. The standard InChI is InChI=1S/C10H8Cl4N2P/c11-17(12,13,14)10-6-2-3-7-15(10)9-5-1-4-8-16(9)17/h1-8H/q+1. The van der Waals surface area contributed by atoms with Crippen molar-refractivity contribution in [1.82, 2.24) is 0 Å². The van der Waals surface area contributed by atoms with Gasteiger partial charge in [0, 0.05) is 0 Å². The summed E-state index contributed by atoms with van der Waals surface area (Å²) in [4.78, 5) is 0. The van der Waals surface area contributed by atoms with E-state index in [0.29, 0.717) is 5.44 Å². The SMILES string of the molecule is Cl[P-]1(Cl)(Cl)(Cl)c2cccc[n+]2-c2cccc[n+]21. The first kappa shape index (κ1) is 12.0. The molecule has 0 spiro atoms. The van der Waals surface area contributed by atoms with Gasteiger partial charge < -0.3 is 0 Å². The molecule has 0 N–H and O–H groups in total. The molecule has 0 saturated carbocycles. The van der Waals surface area contributed by atoms with Gasteiger partial charge in [-0.1, -0.05) is 0 Å². The first-order valence-electron chi connectivity index (χ1n) is 4.86. The van der Waals surface area contributed by atoms with Crippen LogP contribution in [0.5, 0.6) is 0 Å². The van der Waals surface area contributed by atoms with Crippen molar-refractivity contribution in [3.63, 3.8) is 0 Å². The molecular weight excluding hydrogens is 321 g/mol. The summed E-state index contributed by atoms with van der Waals surface area (Å²) in [7, 11) is 0. The molecule has 90 valence electrons. The first-order valence-corrected chi connectivity index (χ1v) is 11.1. The van der Waals surface area contributed by atoms with E-state index in [1.807, 2.05) is 24.4 Å². The van der Waals surface area contributed by atoms with Crippen LogP contribution in [-0.4, -0.2) is 0 Å². The molecule has 3 heterocycles. The van der Waals surface area contributed by atoms with E-state index < -0.39 is 3.51 Å². The maximum absolute atomic E-state index is 6.51. The molecule has 0 aromatic carbocycles.